The lowest BCUT2D eigenvalue weighted by atomic mass is 9.99. The highest BCUT2D eigenvalue weighted by Crippen LogP contribution is 2.37. The Morgan fingerprint density at radius 3 is 1.89 bits per heavy atom. The first-order valence-corrected chi connectivity index (χ1v) is 15.3. The van der Waals surface area contributed by atoms with Crippen LogP contribution in [0.3, 0.4) is 0 Å². The molecule has 0 saturated carbocycles. The molecule has 0 amide bonds. The van der Waals surface area contributed by atoms with Crippen molar-refractivity contribution in [1.82, 2.24) is 0 Å². The summed E-state index contributed by atoms with van der Waals surface area (Å²) in [5.74, 6) is 0.161. The maximum atomic E-state index is 10.7. The SMILES string of the molecule is CC(C)[C@H](O)CC(=C=CC[C@@H](O)c1ccccc1O)CO[Si](c1ccccc1)(c1ccccc1)C(C)(C)C. The minimum absolute atomic E-state index is 0.0721. The summed E-state index contributed by atoms with van der Waals surface area (Å²) < 4.78 is 7.08. The van der Waals surface area contributed by atoms with E-state index in [0.29, 0.717) is 18.6 Å². The van der Waals surface area contributed by atoms with Gasteiger partial charge in [0, 0.05) is 18.4 Å². The molecule has 0 aliphatic heterocycles. The Hall–Kier alpha value is -2.92. The second kappa shape index (κ2) is 13.2. The van der Waals surface area contributed by atoms with Gasteiger partial charge in [0.15, 0.2) is 0 Å². The van der Waals surface area contributed by atoms with Crippen LogP contribution in [0.4, 0.5) is 0 Å². The zero-order valence-corrected chi connectivity index (χ0v) is 24.3. The van der Waals surface area contributed by atoms with Crippen LogP contribution in [0.15, 0.2) is 102 Å². The number of phenolic OH excluding ortho intramolecular Hbond substituents is 1. The molecule has 0 unspecified atom stereocenters. The molecular formula is C33H42O4Si. The molecule has 0 radical (unpaired) electrons. The quantitative estimate of drug-likeness (QED) is 0.214. The molecule has 0 saturated heterocycles. The van der Waals surface area contributed by atoms with Crippen molar-refractivity contribution in [3.63, 3.8) is 0 Å². The van der Waals surface area contributed by atoms with Crippen molar-refractivity contribution >= 4 is 18.7 Å². The largest absolute Gasteiger partial charge is 0.508 e. The second-order valence-electron chi connectivity index (χ2n) is 11.2. The number of aromatic hydroxyl groups is 1. The molecule has 4 nitrogen and oxygen atoms in total. The Balaban J connectivity index is 1.99. The molecule has 202 valence electrons. The third kappa shape index (κ3) is 7.13. The van der Waals surface area contributed by atoms with E-state index in [2.05, 4.69) is 75.0 Å². The topological polar surface area (TPSA) is 69.9 Å². The monoisotopic (exact) mass is 530 g/mol. The van der Waals surface area contributed by atoms with Crippen LogP contribution in [0.5, 0.6) is 5.75 Å². The number of phenols is 1. The Labute approximate surface area is 229 Å². The molecule has 0 aliphatic rings. The molecule has 0 aromatic heterocycles. The Morgan fingerprint density at radius 1 is 0.868 bits per heavy atom. The van der Waals surface area contributed by atoms with Gasteiger partial charge in [0.1, 0.15) is 5.75 Å². The molecule has 0 aliphatic carbocycles. The van der Waals surface area contributed by atoms with Crippen LogP contribution in [0.2, 0.25) is 5.04 Å². The fraction of sp³-hybridized carbons (Fsp3) is 0.364. The van der Waals surface area contributed by atoms with E-state index in [0.717, 1.165) is 5.57 Å². The van der Waals surface area contributed by atoms with Crippen LogP contribution in [-0.2, 0) is 4.43 Å². The van der Waals surface area contributed by atoms with Gasteiger partial charge in [0.25, 0.3) is 8.32 Å². The van der Waals surface area contributed by atoms with Crippen molar-refractivity contribution < 1.29 is 19.7 Å². The molecule has 3 rings (SSSR count). The maximum Gasteiger partial charge on any atom is 0.261 e. The molecule has 5 heteroatoms. The van der Waals surface area contributed by atoms with E-state index < -0.39 is 20.5 Å². The van der Waals surface area contributed by atoms with Crippen molar-refractivity contribution in [1.29, 1.82) is 0 Å². The Bertz CT molecular complexity index is 1170. The maximum absolute atomic E-state index is 10.7. The van der Waals surface area contributed by atoms with E-state index in [1.807, 2.05) is 26.0 Å². The highest BCUT2D eigenvalue weighted by Gasteiger charge is 2.50. The number of aliphatic hydroxyl groups is 2. The van der Waals surface area contributed by atoms with Crippen molar-refractivity contribution in [2.45, 2.75) is 64.7 Å². The number of para-hydroxylation sites is 1. The molecule has 0 fully saturated rings. The third-order valence-electron chi connectivity index (χ3n) is 7.05. The van der Waals surface area contributed by atoms with E-state index in [-0.39, 0.29) is 23.1 Å². The average Bonchev–Trinajstić information content (AvgIpc) is 2.89. The first-order valence-electron chi connectivity index (χ1n) is 13.4. The fourth-order valence-corrected chi connectivity index (χ4v) is 9.36. The number of hydrogen-bond acceptors (Lipinski definition) is 4. The van der Waals surface area contributed by atoms with Gasteiger partial charge in [-0.3, -0.25) is 0 Å². The van der Waals surface area contributed by atoms with Gasteiger partial charge in [-0.25, -0.2) is 0 Å². The fourth-order valence-electron chi connectivity index (χ4n) is 4.82. The number of hydrogen-bond donors (Lipinski definition) is 3. The number of rotatable bonds is 11. The van der Waals surface area contributed by atoms with Gasteiger partial charge >= 0.3 is 0 Å². The summed E-state index contributed by atoms with van der Waals surface area (Å²) in [6.07, 6.45) is 1.13. The van der Waals surface area contributed by atoms with Crippen molar-refractivity contribution in [3.8, 4) is 5.75 Å². The van der Waals surface area contributed by atoms with Crippen LogP contribution in [0.1, 0.15) is 59.1 Å². The normalized spacial score (nSPS) is 13.6. The summed E-state index contributed by atoms with van der Waals surface area (Å²) in [5, 5.41) is 33.7. The van der Waals surface area contributed by atoms with Gasteiger partial charge in [0.05, 0.1) is 18.8 Å². The molecule has 0 bridgehead atoms. The Kier molecular flexibility index (Phi) is 10.3. The summed E-state index contributed by atoms with van der Waals surface area (Å²) in [6, 6.07) is 27.8. The smallest absolute Gasteiger partial charge is 0.261 e. The van der Waals surface area contributed by atoms with Crippen LogP contribution >= 0.6 is 0 Å². The number of aliphatic hydroxyl groups excluding tert-OH is 2. The summed E-state index contributed by atoms with van der Waals surface area (Å²) in [7, 11) is -2.75. The molecule has 2 atom stereocenters. The molecule has 38 heavy (non-hydrogen) atoms. The lowest BCUT2D eigenvalue weighted by Gasteiger charge is -2.43. The molecule has 3 N–H and O–H groups in total. The van der Waals surface area contributed by atoms with Gasteiger partial charge in [-0.1, -0.05) is 113 Å². The van der Waals surface area contributed by atoms with Crippen LogP contribution in [0.25, 0.3) is 0 Å². The molecule has 0 spiro atoms. The second-order valence-corrected chi connectivity index (χ2v) is 15.5. The van der Waals surface area contributed by atoms with Gasteiger partial charge in [-0.15, -0.1) is 5.73 Å². The number of benzene rings is 3. The van der Waals surface area contributed by atoms with E-state index in [1.165, 1.54) is 10.4 Å². The van der Waals surface area contributed by atoms with Crippen molar-refractivity contribution in [2.24, 2.45) is 5.92 Å². The van der Waals surface area contributed by atoms with Gasteiger partial charge in [-0.05, 0) is 39.0 Å². The van der Waals surface area contributed by atoms with E-state index in [1.54, 1.807) is 30.3 Å². The summed E-state index contributed by atoms with van der Waals surface area (Å²) in [4.78, 5) is 0. The van der Waals surface area contributed by atoms with E-state index in [9.17, 15) is 15.3 Å². The van der Waals surface area contributed by atoms with Gasteiger partial charge in [0.2, 0.25) is 0 Å². The molecule has 3 aromatic carbocycles. The highest BCUT2D eigenvalue weighted by atomic mass is 28.4. The molecule has 0 heterocycles. The van der Waals surface area contributed by atoms with Gasteiger partial charge in [-0.2, -0.15) is 0 Å². The molecule has 3 aromatic rings. The highest BCUT2D eigenvalue weighted by molar-refractivity contribution is 6.99. The Morgan fingerprint density at radius 2 is 1.39 bits per heavy atom. The predicted molar refractivity (Wildman–Crippen MR) is 158 cm³/mol. The third-order valence-corrected chi connectivity index (χ3v) is 12.0. The van der Waals surface area contributed by atoms with E-state index >= 15 is 0 Å². The first kappa shape index (κ1) is 29.6. The lowest BCUT2D eigenvalue weighted by Crippen LogP contribution is -2.66. The average molecular weight is 531 g/mol. The minimum Gasteiger partial charge on any atom is -0.508 e. The van der Waals surface area contributed by atoms with E-state index in [4.69, 9.17) is 4.43 Å². The van der Waals surface area contributed by atoms with Crippen LogP contribution in [0, 0.1) is 5.92 Å². The van der Waals surface area contributed by atoms with Crippen molar-refractivity contribution in [2.75, 3.05) is 6.61 Å². The van der Waals surface area contributed by atoms with Crippen molar-refractivity contribution in [3.05, 3.63) is 108 Å². The first-order chi connectivity index (χ1) is 18.1. The zero-order valence-electron chi connectivity index (χ0n) is 23.3. The minimum atomic E-state index is -2.75. The lowest BCUT2D eigenvalue weighted by molar-refractivity contribution is 0.122. The molecular weight excluding hydrogens is 488 g/mol. The summed E-state index contributed by atoms with van der Waals surface area (Å²) in [6.45, 7) is 11.0. The summed E-state index contributed by atoms with van der Waals surface area (Å²) >= 11 is 0. The standard InChI is InChI=1S/C33H42O4Si/c1-25(2)32(36)23-26(15-14-22-31(35)29-20-12-13-21-30(29)34)24-37-38(33(3,4)5,27-16-8-6-9-17-27)28-18-10-7-11-19-28/h6-14,16-21,25,31-32,34-36H,22-24H2,1-5H3/t15?,31-,32-/m1/s1. The van der Waals surface area contributed by atoms with Crippen LogP contribution in [-0.4, -0.2) is 36.3 Å². The zero-order chi connectivity index (χ0) is 27.8. The summed E-state index contributed by atoms with van der Waals surface area (Å²) in [5.41, 5.74) is 4.67. The predicted octanol–water partition coefficient (Wildman–Crippen LogP) is 5.88. The van der Waals surface area contributed by atoms with Gasteiger partial charge < -0.3 is 19.7 Å². The van der Waals surface area contributed by atoms with Crippen LogP contribution < -0.4 is 10.4 Å².